The Morgan fingerprint density at radius 3 is 2.60 bits per heavy atom. The summed E-state index contributed by atoms with van der Waals surface area (Å²) >= 11 is 1.36. The molecule has 0 unspecified atom stereocenters. The standard InChI is InChI=1S/C3H6N.Sn/c1-2-3-4;/h2,4H,1,3H2;/q-1;+1. The normalized spacial score (nSPS) is 7.40. The van der Waals surface area contributed by atoms with Crippen molar-refractivity contribution in [2.75, 3.05) is 6.54 Å². The van der Waals surface area contributed by atoms with Crippen molar-refractivity contribution in [3.05, 3.63) is 12.7 Å². The van der Waals surface area contributed by atoms with Crippen LogP contribution in [0.5, 0.6) is 0 Å². The molecule has 0 saturated carbocycles. The van der Waals surface area contributed by atoms with Crippen LogP contribution in [0, 0.1) is 0 Å². The molecule has 0 spiro atoms. The van der Waals surface area contributed by atoms with Crippen LogP contribution in [0.1, 0.15) is 0 Å². The number of rotatable bonds is 2. The Kier molecular flexibility index (Phi) is 4.95. The summed E-state index contributed by atoms with van der Waals surface area (Å²) in [5.41, 5.74) is 0. The second-order valence-corrected chi connectivity index (χ2v) is 1.68. The van der Waals surface area contributed by atoms with Crippen LogP contribution in [0.4, 0.5) is 0 Å². The van der Waals surface area contributed by atoms with Crippen LogP contribution in [0.3, 0.4) is 0 Å². The van der Waals surface area contributed by atoms with Crippen LogP contribution < -0.4 is 3.54 Å². The van der Waals surface area contributed by atoms with Crippen molar-refractivity contribution in [2.24, 2.45) is 0 Å². The van der Waals surface area contributed by atoms with E-state index in [4.69, 9.17) is 0 Å². The Bertz CT molecular complexity index is 28.1. The van der Waals surface area contributed by atoms with Gasteiger partial charge in [0, 0.05) is 0 Å². The molecule has 0 aliphatic rings. The zero-order valence-electron chi connectivity index (χ0n) is 2.99. The molecule has 0 amide bonds. The van der Waals surface area contributed by atoms with E-state index in [1.807, 2.05) is 6.08 Å². The van der Waals surface area contributed by atoms with Crippen molar-refractivity contribution < 1.29 is 0 Å². The molecule has 5 heavy (non-hydrogen) atoms. The molecule has 0 rings (SSSR count). The molecule has 0 saturated heterocycles. The van der Waals surface area contributed by atoms with E-state index in [9.17, 15) is 0 Å². The average Bonchev–Trinajstić information content (AvgIpc) is 1.41. The van der Waals surface area contributed by atoms with Gasteiger partial charge in [0.05, 0.1) is 0 Å². The molecule has 1 N–H and O–H groups in total. The predicted octanol–water partition coefficient (Wildman–Crippen LogP) is -0.155. The first kappa shape index (κ1) is 5.50. The fourth-order valence-corrected chi connectivity index (χ4v) is 0.484. The first-order valence-corrected chi connectivity index (χ1v) is 2.85. The Hall–Kier alpha value is 0.499. The Labute approximate surface area is 45.9 Å². The summed E-state index contributed by atoms with van der Waals surface area (Å²) < 4.78 is 2.99. The van der Waals surface area contributed by atoms with Crippen LogP contribution in [0.15, 0.2) is 12.7 Å². The minimum absolute atomic E-state index is 0.943. The summed E-state index contributed by atoms with van der Waals surface area (Å²) in [5.74, 6) is 0. The third-order valence-corrected chi connectivity index (χ3v) is 0.829. The molecule has 0 aromatic heterocycles. The molecular weight excluding hydrogens is 169 g/mol. The molecule has 0 fully saturated rings. The van der Waals surface area contributed by atoms with Gasteiger partial charge in [-0.05, 0) is 0 Å². The van der Waals surface area contributed by atoms with Crippen molar-refractivity contribution in [3.8, 4) is 0 Å². The first-order chi connectivity index (χ1) is 2.41. The van der Waals surface area contributed by atoms with Crippen molar-refractivity contribution in [3.63, 3.8) is 0 Å². The average molecular weight is 175 g/mol. The predicted molar refractivity (Wildman–Crippen MR) is 24.0 cm³/mol. The monoisotopic (exact) mass is 176 g/mol. The van der Waals surface area contributed by atoms with E-state index >= 15 is 0 Å². The third-order valence-electron chi connectivity index (χ3n) is 0.246. The maximum atomic E-state index is 3.50. The van der Waals surface area contributed by atoms with Gasteiger partial charge in [-0.25, -0.2) is 0 Å². The molecule has 0 atom stereocenters. The Balaban J connectivity index is 2.40. The van der Waals surface area contributed by atoms with Gasteiger partial charge in [-0.1, -0.05) is 0 Å². The molecular formula is C3H6NSn. The fourth-order valence-electron chi connectivity index (χ4n) is 0.0722. The van der Waals surface area contributed by atoms with Crippen LogP contribution in [0.25, 0.3) is 0 Å². The molecule has 0 aromatic rings. The summed E-state index contributed by atoms with van der Waals surface area (Å²) in [6, 6.07) is 0. The van der Waals surface area contributed by atoms with E-state index in [0.29, 0.717) is 0 Å². The van der Waals surface area contributed by atoms with Crippen molar-refractivity contribution in [1.29, 1.82) is 0 Å². The summed E-state index contributed by atoms with van der Waals surface area (Å²) in [6.45, 7) is 4.45. The van der Waals surface area contributed by atoms with Gasteiger partial charge in [-0.15, -0.1) is 0 Å². The molecule has 0 heterocycles. The van der Waals surface area contributed by atoms with Gasteiger partial charge in [0.1, 0.15) is 0 Å². The Morgan fingerprint density at radius 2 is 2.60 bits per heavy atom. The van der Waals surface area contributed by atoms with Gasteiger partial charge in [0.2, 0.25) is 0 Å². The van der Waals surface area contributed by atoms with Gasteiger partial charge in [0.25, 0.3) is 0 Å². The van der Waals surface area contributed by atoms with Crippen LogP contribution >= 0.6 is 0 Å². The molecule has 0 bridgehead atoms. The van der Waals surface area contributed by atoms with E-state index in [-0.39, 0.29) is 0 Å². The van der Waals surface area contributed by atoms with Crippen LogP contribution in [-0.2, 0) is 0 Å². The molecule has 2 heteroatoms. The van der Waals surface area contributed by atoms with Crippen LogP contribution in [-0.4, -0.2) is 29.3 Å². The van der Waals surface area contributed by atoms with Crippen molar-refractivity contribution in [1.82, 2.24) is 3.54 Å². The van der Waals surface area contributed by atoms with Gasteiger partial charge >= 0.3 is 45.5 Å². The van der Waals surface area contributed by atoms with E-state index in [1.165, 1.54) is 22.8 Å². The van der Waals surface area contributed by atoms with Crippen LogP contribution in [0.2, 0.25) is 0 Å². The zero-order chi connectivity index (χ0) is 4.12. The second-order valence-electron chi connectivity index (χ2n) is 0.670. The quantitative estimate of drug-likeness (QED) is 0.454. The second kappa shape index (κ2) is 4.50. The minimum atomic E-state index is 0.943. The van der Waals surface area contributed by atoms with E-state index in [2.05, 4.69) is 10.1 Å². The number of nitrogens with one attached hydrogen (secondary N) is 1. The summed E-state index contributed by atoms with van der Waals surface area (Å²) in [4.78, 5) is 0. The zero-order valence-corrected chi connectivity index (χ0v) is 5.85. The van der Waals surface area contributed by atoms with Gasteiger partial charge < -0.3 is 0 Å². The molecule has 1 nitrogen and oxygen atoms in total. The fraction of sp³-hybridized carbons (Fsp3) is 0.333. The SMILES string of the molecule is C=CC[NH][Sn]. The van der Waals surface area contributed by atoms with Crippen molar-refractivity contribution >= 4 is 22.8 Å². The first-order valence-electron chi connectivity index (χ1n) is 1.42. The third kappa shape index (κ3) is 4.50. The topological polar surface area (TPSA) is 12.0 Å². The van der Waals surface area contributed by atoms with E-state index in [1.54, 1.807) is 0 Å². The Morgan fingerprint density at radius 1 is 2.00 bits per heavy atom. The summed E-state index contributed by atoms with van der Waals surface area (Å²) in [5, 5.41) is 0. The molecule has 3 radical (unpaired) electrons. The summed E-state index contributed by atoms with van der Waals surface area (Å²) in [7, 11) is 0. The van der Waals surface area contributed by atoms with Gasteiger partial charge in [-0.3, -0.25) is 0 Å². The van der Waals surface area contributed by atoms with Crippen molar-refractivity contribution in [2.45, 2.75) is 0 Å². The van der Waals surface area contributed by atoms with Gasteiger partial charge in [-0.2, -0.15) is 0 Å². The molecule has 27 valence electrons. The number of hydrogen-bond acceptors (Lipinski definition) is 1. The molecule has 0 aliphatic heterocycles. The maximum absolute atomic E-state index is 3.50. The molecule has 0 aliphatic carbocycles. The van der Waals surface area contributed by atoms with E-state index < -0.39 is 0 Å². The van der Waals surface area contributed by atoms with E-state index in [0.717, 1.165) is 6.54 Å². The molecule has 0 aromatic carbocycles. The van der Waals surface area contributed by atoms with Gasteiger partial charge in [0.15, 0.2) is 0 Å². The summed E-state index contributed by atoms with van der Waals surface area (Å²) in [6.07, 6.45) is 1.84. The number of hydrogen-bond donors (Lipinski definition) is 1.